The van der Waals surface area contributed by atoms with Crippen molar-refractivity contribution in [2.45, 2.75) is 6.92 Å². The van der Waals surface area contributed by atoms with Crippen LogP contribution in [0.5, 0.6) is 0 Å². The molecular weight excluding hydrogens is 444 g/mol. The summed E-state index contributed by atoms with van der Waals surface area (Å²) in [7, 11) is 0. The molecule has 6 heteroatoms. The summed E-state index contributed by atoms with van der Waals surface area (Å²) >= 11 is 3.51. The topological polar surface area (TPSA) is 52.2 Å². The second kappa shape index (κ2) is 7.15. The number of nitrogens with zero attached hydrogens (tertiary/aromatic N) is 2. The van der Waals surface area contributed by atoms with Crippen molar-refractivity contribution >= 4 is 43.7 Å². The van der Waals surface area contributed by atoms with E-state index in [1.54, 1.807) is 17.5 Å². The first-order valence-corrected chi connectivity index (χ1v) is 10.4. The van der Waals surface area contributed by atoms with Crippen LogP contribution in [-0.4, -0.2) is 21.6 Å². The zero-order valence-electron chi connectivity index (χ0n) is 16.1. The van der Waals surface area contributed by atoms with E-state index in [2.05, 4.69) is 15.9 Å². The fourth-order valence-corrected chi connectivity index (χ4v) is 4.35. The molecule has 0 aliphatic carbocycles. The van der Waals surface area contributed by atoms with Gasteiger partial charge >= 0.3 is 5.97 Å². The fraction of sp³-hybridized carbons (Fsp3) is 0.0833. The van der Waals surface area contributed by atoms with Gasteiger partial charge in [-0.2, -0.15) is 0 Å². The SMILES string of the molecule is CCOC(=O)c1c(-c2ccccc2)n2c3ccccc3c(=O)n2c2ccc(Br)cc12. The molecule has 148 valence electrons. The highest BCUT2D eigenvalue weighted by Crippen LogP contribution is 2.33. The Labute approximate surface area is 180 Å². The Morgan fingerprint density at radius 2 is 1.60 bits per heavy atom. The predicted molar refractivity (Wildman–Crippen MR) is 121 cm³/mol. The number of carbonyl (C=O) groups excluding carboxylic acids is 1. The van der Waals surface area contributed by atoms with E-state index in [9.17, 15) is 9.59 Å². The van der Waals surface area contributed by atoms with Crippen molar-refractivity contribution in [1.82, 2.24) is 9.03 Å². The van der Waals surface area contributed by atoms with Gasteiger partial charge in [-0.3, -0.25) is 4.79 Å². The Bertz CT molecular complexity index is 1500. The summed E-state index contributed by atoms with van der Waals surface area (Å²) < 4.78 is 9.73. The lowest BCUT2D eigenvalue weighted by molar-refractivity contribution is 0.0529. The summed E-state index contributed by atoms with van der Waals surface area (Å²) in [5.74, 6) is -0.424. The van der Waals surface area contributed by atoms with E-state index < -0.39 is 5.97 Å². The van der Waals surface area contributed by atoms with E-state index in [0.717, 1.165) is 15.6 Å². The molecule has 0 spiro atoms. The Kier molecular flexibility index (Phi) is 4.44. The van der Waals surface area contributed by atoms with Gasteiger partial charge in [0.1, 0.15) is 0 Å². The molecular formula is C24H17BrN2O3. The zero-order valence-corrected chi connectivity index (χ0v) is 17.7. The Morgan fingerprint density at radius 3 is 2.37 bits per heavy atom. The molecule has 0 N–H and O–H groups in total. The van der Waals surface area contributed by atoms with Crippen LogP contribution in [0.15, 0.2) is 82.1 Å². The molecule has 0 amide bonds. The van der Waals surface area contributed by atoms with Gasteiger partial charge in [-0.25, -0.2) is 13.8 Å². The van der Waals surface area contributed by atoms with Crippen LogP contribution in [-0.2, 0) is 4.74 Å². The third-order valence-electron chi connectivity index (χ3n) is 5.19. The number of rotatable bonds is 3. The van der Waals surface area contributed by atoms with Gasteiger partial charge < -0.3 is 4.74 Å². The number of aromatic nitrogens is 2. The highest BCUT2D eigenvalue weighted by atomic mass is 79.9. The molecule has 0 bridgehead atoms. The molecule has 0 fully saturated rings. The molecule has 0 saturated heterocycles. The average molecular weight is 461 g/mol. The normalized spacial score (nSPS) is 11.4. The molecule has 0 aliphatic heterocycles. The highest BCUT2D eigenvalue weighted by molar-refractivity contribution is 9.10. The van der Waals surface area contributed by atoms with Crippen molar-refractivity contribution in [1.29, 1.82) is 0 Å². The molecule has 0 unspecified atom stereocenters. The number of fused-ring (bicyclic) bond motifs is 5. The summed E-state index contributed by atoms with van der Waals surface area (Å²) in [6.45, 7) is 2.04. The molecule has 2 heterocycles. The van der Waals surface area contributed by atoms with Crippen molar-refractivity contribution in [2.75, 3.05) is 6.61 Å². The number of hydrogen-bond acceptors (Lipinski definition) is 3. The van der Waals surface area contributed by atoms with Gasteiger partial charge in [-0.05, 0) is 37.3 Å². The standard InChI is InChI=1S/C24H17BrN2O3/c1-2-30-24(29)21-18-14-16(25)12-13-20(18)27-23(28)17-10-6-7-11-19(17)26(27)22(21)15-8-4-3-5-9-15/h3-14H,2H2,1H3. The van der Waals surface area contributed by atoms with Crippen LogP contribution >= 0.6 is 15.9 Å². The van der Waals surface area contributed by atoms with Crippen LogP contribution in [0.4, 0.5) is 0 Å². The molecule has 2 aromatic heterocycles. The smallest absolute Gasteiger partial charge is 0.341 e. The monoisotopic (exact) mass is 460 g/mol. The Balaban J connectivity index is 2.14. The second-order valence-electron chi connectivity index (χ2n) is 6.92. The van der Waals surface area contributed by atoms with Gasteiger partial charge in [0.05, 0.1) is 34.3 Å². The summed E-state index contributed by atoms with van der Waals surface area (Å²) in [5, 5.41) is 1.24. The van der Waals surface area contributed by atoms with Crippen LogP contribution < -0.4 is 5.56 Å². The predicted octanol–water partition coefficient (Wildman–Crippen LogP) is 5.31. The third kappa shape index (κ3) is 2.68. The fourth-order valence-electron chi connectivity index (χ4n) is 3.99. The summed E-state index contributed by atoms with van der Waals surface area (Å²) in [4.78, 5) is 26.6. The first-order valence-electron chi connectivity index (χ1n) is 9.62. The largest absolute Gasteiger partial charge is 0.462 e. The molecule has 3 aromatic carbocycles. The lowest BCUT2D eigenvalue weighted by atomic mass is 10.0. The van der Waals surface area contributed by atoms with E-state index in [1.165, 1.54) is 0 Å². The van der Waals surface area contributed by atoms with Crippen molar-refractivity contribution in [3.63, 3.8) is 0 Å². The first kappa shape index (κ1) is 18.6. The third-order valence-corrected chi connectivity index (χ3v) is 5.68. The molecule has 5 aromatic rings. The van der Waals surface area contributed by atoms with Gasteiger partial charge in [0, 0.05) is 15.4 Å². The lowest BCUT2D eigenvalue weighted by Gasteiger charge is -2.17. The highest BCUT2D eigenvalue weighted by Gasteiger charge is 2.25. The van der Waals surface area contributed by atoms with Crippen LogP contribution in [0, 0.1) is 0 Å². The molecule has 5 rings (SSSR count). The maximum atomic E-state index is 13.4. The second-order valence-corrected chi connectivity index (χ2v) is 7.83. The van der Waals surface area contributed by atoms with Crippen LogP contribution in [0.3, 0.4) is 0 Å². The number of hydrogen-bond donors (Lipinski definition) is 0. The van der Waals surface area contributed by atoms with Gasteiger partial charge in [0.15, 0.2) is 0 Å². The summed E-state index contributed by atoms with van der Waals surface area (Å²) in [6.07, 6.45) is 0. The quantitative estimate of drug-likeness (QED) is 0.342. The van der Waals surface area contributed by atoms with E-state index >= 15 is 0 Å². The van der Waals surface area contributed by atoms with Gasteiger partial charge in [-0.15, -0.1) is 0 Å². The van der Waals surface area contributed by atoms with Crippen LogP contribution in [0.2, 0.25) is 0 Å². The zero-order chi connectivity index (χ0) is 20.8. The van der Waals surface area contributed by atoms with Crippen LogP contribution in [0.1, 0.15) is 17.3 Å². The Morgan fingerprint density at radius 1 is 0.900 bits per heavy atom. The maximum Gasteiger partial charge on any atom is 0.341 e. The number of halogens is 1. The number of esters is 1. The maximum absolute atomic E-state index is 13.4. The van der Waals surface area contributed by atoms with Crippen molar-refractivity contribution in [3.8, 4) is 11.3 Å². The Hall–Kier alpha value is -3.38. The molecule has 0 saturated carbocycles. The first-order chi connectivity index (χ1) is 14.6. The number of ether oxygens (including phenoxy) is 1. The van der Waals surface area contributed by atoms with E-state index in [-0.39, 0.29) is 12.2 Å². The average Bonchev–Trinajstić information content (AvgIpc) is 3.06. The summed E-state index contributed by atoms with van der Waals surface area (Å²) in [5.41, 5.74) is 3.11. The van der Waals surface area contributed by atoms with Crippen molar-refractivity contribution in [2.24, 2.45) is 0 Å². The number of para-hydroxylation sites is 1. The van der Waals surface area contributed by atoms with E-state index in [0.29, 0.717) is 27.5 Å². The minimum atomic E-state index is -0.424. The van der Waals surface area contributed by atoms with Crippen LogP contribution in [0.25, 0.3) is 33.1 Å². The van der Waals surface area contributed by atoms with Crippen molar-refractivity contribution < 1.29 is 9.53 Å². The van der Waals surface area contributed by atoms with Gasteiger partial charge in [0.25, 0.3) is 5.56 Å². The lowest BCUT2D eigenvalue weighted by Crippen LogP contribution is -2.18. The molecule has 5 nitrogen and oxygen atoms in total. The number of carbonyl (C=O) groups is 1. The van der Waals surface area contributed by atoms with E-state index in [4.69, 9.17) is 4.74 Å². The minimum absolute atomic E-state index is 0.134. The van der Waals surface area contributed by atoms with Gasteiger partial charge in [-0.1, -0.05) is 58.4 Å². The van der Waals surface area contributed by atoms with E-state index in [1.807, 2.05) is 71.2 Å². The molecule has 0 radical (unpaired) electrons. The molecule has 0 atom stereocenters. The summed E-state index contributed by atoms with van der Waals surface area (Å²) in [6, 6.07) is 22.6. The minimum Gasteiger partial charge on any atom is -0.462 e. The number of benzene rings is 3. The molecule has 0 aliphatic rings. The molecule has 30 heavy (non-hydrogen) atoms. The van der Waals surface area contributed by atoms with Gasteiger partial charge in [0.2, 0.25) is 0 Å². The van der Waals surface area contributed by atoms with Crippen molar-refractivity contribution in [3.05, 3.63) is 93.2 Å².